The summed E-state index contributed by atoms with van der Waals surface area (Å²) in [6.45, 7) is 5.18. The second-order valence-corrected chi connectivity index (χ2v) is 11.2. The van der Waals surface area contributed by atoms with Crippen molar-refractivity contribution in [2.24, 2.45) is 0 Å². The number of hydrogen-bond acceptors (Lipinski definition) is 7. The molecule has 3 heterocycles. The molecule has 2 aromatic heterocycles. The summed E-state index contributed by atoms with van der Waals surface area (Å²) in [5, 5.41) is 20.7. The minimum atomic E-state index is -0.914. The lowest BCUT2D eigenvalue weighted by molar-refractivity contribution is -0.00459. The zero-order valence-corrected chi connectivity index (χ0v) is 23.6. The number of carbonyl (C=O) groups is 2. The molecule has 0 spiro atoms. The average molecular weight is 565 g/mol. The van der Waals surface area contributed by atoms with Gasteiger partial charge in [0.15, 0.2) is 0 Å². The molecule has 10 heteroatoms. The molecule has 0 radical (unpaired) electrons. The molecule has 9 nitrogen and oxygen atoms in total. The third-order valence-corrected chi connectivity index (χ3v) is 7.07. The first-order chi connectivity index (χ1) is 19.6. The first kappa shape index (κ1) is 30.1. The van der Waals surface area contributed by atoms with Gasteiger partial charge in [-0.2, -0.15) is 4.39 Å². The van der Waals surface area contributed by atoms with Gasteiger partial charge in [0.2, 0.25) is 5.95 Å². The zero-order valence-electron chi connectivity index (χ0n) is 23.6. The molecule has 2 N–H and O–H groups in total. The Hall–Kier alpha value is -3.89. The van der Waals surface area contributed by atoms with Crippen LogP contribution in [0, 0.1) is 5.95 Å². The molecule has 41 heavy (non-hydrogen) atoms. The Bertz CT molecular complexity index is 1320. The summed E-state index contributed by atoms with van der Waals surface area (Å²) in [4.78, 5) is 37.3. The lowest BCUT2D eigenvalue weighted by atomic mass is 10.0. The summed E-state index contributed by atoms with van der Waals surface area (Å²) in [6.07, 6.45) is 4.94. The predicted octanol–water partition coefficient (Wildman–Crippen LogP) is 4.29. The summed E-state index contributed by atoms with van der Waals surface area (Å²) < 4.78 is 19.8. The molecule has 0 bridgehead atoms. The van der Waals surface area contributed by atoms with Crippen molar-refractivity contribution >= 4 is 12.0 Å². The van der Waals surface area contributed by atoms with E-state index in [0.29, 0.717) is 30.4 Å². The molecule has 1 saturated heterocycles. The largest absolute Gasteiger partial charge is 0.444 e. The predicted molar refractivity (Wildman–Crippen MR) is 150 cm³/mol. The van der Waals surface area contributed by atoms with E-state index < -0.39 is 29.8 Å². The quantitative estimate of drug-likeness (QED) is 0.373. The Morgan fingerprint density at radius 2 is 1.85 bits per heavy atom. The van der Waals surface area contributed by atoms with Crippen LogP contribution in [0.3, 0.4) is 0 Å². The van der Waals surface area contributed by atoms with Crippen LogP contribution in [0.5, 0.6) is 0 Å². The van der Waals surface area contributed by atoms with Crippen molar-refractivity contribution in [3.8, 4) is 0 Å². The van der Waals surface area contributed by atoms with E-state index in [-0.39, 0.29) is 37.2 Å². The van der Waals surface area contributed by atoms with Gasteiger partial charge in [-0.25, -0.2) is 9.78 Å². The summed E-state index contributed by atoms with van der Waals surface area (Å²) in [6, 6.07) is 13.0. The Morgan fingerprint density at radius 3 is 2.49 bits per heavy atom. The lowest BCUT2D eigenvalue weighted by Crippen LogP contribution is -2.47. The average Bonchev–Trinajstić information content (AvgIpc) is 3.36. The van der Waals surface area contributed by atoms with Crippen LogP contribution in [0.15, 0.2) is 67.1 Å². The Labute approximate surface area is 239 Å². The van der Waals surface area contributed by atoms with Crippen LogP contribution in [0.4, 0.5) is 9.18 Å². The smallest absolute Gasteiger partial charge is 0.410 e. The van der Waals surface area contributed by atoms with Crippen LogP contribution in [-0.2, 0) is 17.7 Å². The van der Waals surface area contributed by atoms with Crippen LogP contribution in [0.25, 0.3) is 0 Å². The van der Waals surface area contributed by atoms with Gasteiger partial charge in [-0.05, 0) is 69.9 Å². The molecular weight excluding hydrogens is 527 g/mol. The Balaban J connectivity index is 1.50. The van der Waals surface area contributed by atoms with Crippen LogP contribution in [-0.4, -0.2) is 72.8 Å². The molecule has 3 atom stereocenters. The number of aliphatic hydroxyl groups is 2. The maximum Gasteiger partial charge on any atom is 0.410 e. The fraction of sp³-hybridized carbons (Fsp3) is 0.419. The van der Waals surface area contributed by atoms with Crippen LogP contribution in [0.2, 0.25) is 0 Å². The van der Waals surface area contributed by atoms with Gasteiger partial charge < -0.3 is 19.8 Å². The number of amides is 2. The third kappa shape index (κ3) is 7.65. The zero-order chi connectivity index (χ0) is 29.6. The molecule has 218 valence electrons. The Kier molecular flexibility index (Phi) is 9.67. The van der Waals surface area contributed by atoms with Gasteiger partial charge in [0.1, 0.15) is 11.7 Å². The fourth-order valence-electron chi connectivity index (χ4n) is 5.15. The molecule has 4 rings (SSSR count). The monoisotopic (exact) mass is 564 g/mol. The first-order valence-electron chi connectivity index (χ1n) is 13.7. The summed E-state index contributed by atoms with van der Waals surface area (Å²) >= 11 is 0. The highest BCUT2D eigenvalue weighted by Crippen LogP contribution is 2.35. The summed E-state index contributed by atoms with van der Waals surface area (Å²) in [7, 11) is 0. The number of aliphatic hydroxyl groups excluding tert-OH is 2. The number of rotatable bonds is 9. The van der Waals surface area contributed by atoms with Gasteiger partial charge in [0, 0.05) is 47.9 Å². The van der Waals surface area contributed by atoms with Crippen LogP contribution < -0.4 is 0 Å². The van der Waals surface area contributed by atoms with E-state index in [1.54, 1.807) is 74.5 Å². The normalized spacial score (nSPS) is 17.8. The third-order valence-electron chi connectivity index (χ3n) is 7.07. The van der Waals surface area contributed by atoms with Gasteiger partial charge in [-0.3, -0.25) is 14.7 Å². The van der Waals surface area contributed by atoms with Gasteiger partial charge in [0.25, 0.3) is 5.91 Å². The molecule has 1 aliphatic rings. The van der Waals surface area contributed by atoms with Crippen LogP contribution in [0.1, 0.15) is 66.8 Å². The second kappa shape index (κ2) is 13.2. The second-order valence-electron chi connectivity index (χ2n) is 11.2. The molecule has 3 aromatic rings. The number of benzene rings is 1. The van der Waals surface area contributed by atoms with E-state index >= 15 is 0 Å². The molecular formula is C31H37FN4O5. The highest BCUT2D eigenvalue weighted by molar-refractivity contribution is 5.94. The molecule has 3 unspecified atom stereocenters. The van der Waals surface area contributed by atoms with Crippen molar-refractivity contribution in [2.45, 2.75) is 70.4 Å². The molecule has 1 aromatic carbocycles. The summed E-state index contributed by atoms with van der Waals surface area (Å²) in [5.41, 5.74) is 1.50. The van der Waals surface area contributed by atoms with E-state index in [1.807, 2.05) is 12.1 Å². The van der Waals surface area contributed by atoms with Gasteiger partial charge in [0.05, 0.1) is 19.2 Å². The number of halogens is 1. The molecule has 1 fully saturated rings. The number of nitrogens with zero attached hydrogens (tertiary/aromatic N) is 4. The molecule has 0 saturated carbocycles. The van der Waals surface area contributed by atoms with Gasteiger partial charge in [-0.1, -0.05) is 24.3 Å². The van der Waals surface area contributed by atoms with Crippen LogP contribution >= 0.6 is 0 Å². The minimum Gasteiger partial charge on any atom is -0.444 e. The lowest BCUT2D eigenvalue weighted by Gasteiger charge is -2.34. The standard InChI is InChI=1S/C31H37FN4O5/c1-31(2,3)41-30(40)36-25(12-13-26(36)27(38)23-6-4-14-33-19-23)18-21-8-10-22(11-9-21)29(39)35(16-17-37)20-24-7-5-15-34-28(24)32/h4-11,14-15,19,25-27,37-38H,12-13,16-18,20H2,1-3H3. The maximum atomic E-state index is 14.1. The number of ether oxygens (including phenoxy) is 1. The number of pyridine rings is 2. The van der Waals surface area contributed by atoms with E-state index in [2.05, 4.69) is 9.97 Å². The number of carbonyl (C=O) groups excluding carboxylic acids is 2. The van der Waals surface area contributed by atoms with Crippen molar-refractivity contribution in [3.05, 3.63) is 95.3 Å². The molecule has 1 aliphatic heterocycles. The van der Waals surface area contributed by atoms with Crippen molar-refractivity contribution in [1.82, 2.24) is 19.8 Å². The van der Waals surface area contributed by atoms with Gasteiger partial charge in [-0.15, -0.1) is 0 Å². The maximum absolute atomic E-state index is 14.1. The van der Waals surface area contributed by atoms with E-state index in [1.165, 1.54) is 11.1 Å². The van der Waals surface area contributed by atoms with E-state index in [0.717, 1.165) is 5.56 Å². The fourth-order valence-corrected chi connectivity index (χ4v) is 5.15. The van der Waals surface area contributed by atoms with Crippen molar-refractivity contribution in [2.75, 3.05) is 13.2 Å². The minimum absolute atomic E-state index is 0.0195. The first-order valence-corrected chi connectivity index (χ1v) is 13.7. The number of likely N-dealkylation sites (tertiary alicyclic amines) is 1. The highest BCUT2D eigenvalue weighted by atomic mass is 19.1. The number of aromatic nitrogens is 2. The van der Waals surface area contributed by atoms with Crippen molar-refractivity contribution in [3.63, 3.8) is 0 Å². The SMILES string of the molecule is CC(C)(C)OC(=O)N1C(Cc2ccc(C(=O)N(CCO)Cc3cccnc3F)cc2)CCC1C(O)c1cccnc1. The topological polar surface area (TPSA) is 116 Å². The highest BCUT2D eigenvalue weighted by Gasteiger charge is 2.43. The van der Waals surface area contributed by atoms with E-state index in [4.69, 9.17) is 4.74 Å². The molecule has 0 aliphatic carbocycles. The van der Waals surface area contributed by atoms with E-state index in [9.17, 15) is 24.2 Å². The molecule has 2 amide bonds. The van der Waals surface area contributed by atoms with Crippen molar-refractivity contribution in [1.29, 1.82) is 0 Å². The Morgan fingerprint density at radius 1 is 1.12 bits per heavy atom. The number of hydrogen-bond donors (Lipinski definition) is 2. The van der Waals surface area contributed by atoms with Crippen molar-refractivity contribution < 1.29 is 28.9 Å². The van der Waals surface area contributed by atoms with Gasteiger partial charge >= 0.3 is 6.09 Å². The summed E-state index contributed by atoms with van der Waals surface area (Å²) in [5.74, 6) is -0.999.